The Morgan fingerprint density at radius 1 is 0.667 bits per heavy atom. The fourth-order valence-corrected chi connectivity index (χ4v) is 5.45. The van der Waals surface area contributed by atoms with Gasteiger partial charge in [0.25, 0.3) is 0 Å². The van der Waals surface area contributed by atoms with Crippen LogP contribution in [0.1, 0.15) is 51.7 Å². The van der Waals surface area contributed by atoms with Crippen LogP contribution in [-0.4, -0.2) is 93.6 Å². The van der Waals surface area contributed by atoms with E-state index in [1.165, 1.54) is 24.3 Å². The third-order valence-electron chi connectivity index (χ3n) is 7.95. The Morgan fingerprint density at radius 2 is 1.14 bits per heavy atom. The predicted octanol–water partition coefficient (Wildman–Crippen LogP) is 2.67. The molecule has 0 aliphatic heterocycles. The summed E-state index contributed by atoms with van der Waals surface area (Å²) >= 11 is 0. The number of carboxylic acid groups (broad SMARTS) is 1. The van der Waals surface area contributed by atoms with Gasteiger partial charge in [-0.25, -0.2) is 4.79 Å². The van der Waals surface area contributed by atoms with Gasteiger partial charge in [0.1, 0.15) is 29.6 Å². The van der Waals surface area contributed by atoms with Gasteiger partial charge in [-0.2, -0.15) is 0 Å². The molecule has 0 fully saturated rings. The molecule has 0 aliphatic carbocycles. The number of benzene rings is 2. The molecular formula is C38H53N5O8. The highest BCUT2D eigenvalue weighted by Crippen LogP contribution is 2.16. The van der Waals surface area contributed by atoms with Crippen molar-refractivity contribution < 1.29 is 39.3 Å². The van der Waals surface area contributed by atoms with E-state index in [1.54, 1.807) is 36.4 Å². The first-order chi connectivity index (χ1) is 24.1. The van der Waals surface area contributed by atoms with Crippen molar-refractivity contribution >= 4 is 29.6 Å². The van der Waals surface area contributed by atoms with E-state index in [0.717, 1.165) is 5.56 Å². The van der Waals surface area contributed by atoms with Gasteiger partial charge in [0, 0.05) is 19.5 Å². The summed E-state index contributed by atoms with van der Waals surface area (Å²) in [7, 11) is 0. The van der Waals surface area contributed by atoms with Crippen LogP contribution in [0.25, 0.3) is 0 Å². The van der Waals surface area contributed by atoms with Crippen LogP contribution in [0.15, 0.2) is 73.8 Å². The summed E-state index contributed by atoms with van der Waals surface area (Å²) in [5, 5.41) is 39.6. The van der Waals surface area contributed by atoms with Gasteiger partial charge in [-0.05, 0) is 66.5 Å². The molecule has 2 aromatic rings. The average Bonchev–Trinajstić information content (AvgIpc) is 3.06. The van der Waals surface area contributed by atoms with Crippen LogP contribution in [0.2, 0.25) is 0 Å². The van der Waals surface area contributed by atoms with E-state index >= 15 is 0 Å². The number of nitrogens with one attached hydrogen (secondary N) is 4. The van der Waals surface area contributed by atoms with Crippen LogP contribution in [0.4, 0.5) is 0 Å². The molecule has 4 amide bonds. The molecule has 0 bridgehead atoms. The zero-order valence-corrected chi connectivity index (χ0v) is 29.9. The second-order valence-electron chi connectivity index (χ2n) is 13.3. The van der Waals surface area contributed by atoms with Gasteiger partial charge in [0.15, 0.2) is 0 Å². The number of aromatic hydroxyl groups is 2. The lowest BCUT2D eigenvalue weighted by molar-refractivity contribution is -0.142. The molecule has 0 spiro atoms. The zero-order chi connectivity index (χ0) is 38.1. The number of carbonyl (C=O) groups excluding carboxylic acids is 4. The first-order valence-electron chi connectivity index (χ1n) is 17.1. The highest BCUT2D eigenvalue weighted by atomic mass is 16.4. The second kappa shape index (κ2) is 21.1. The zero-order valence-electron chi connectivity index (χ0n) is 29.9. The maximum Gasteiger partial charge on any atom is 0.326 e. The minimum atomic E-state index is -1.21. The maximum absolute atomic E-state index is 13.8. The molecule has 7 N–H and O–H groups in total. The lowest BCUT2D eigenvalue weighted by atomic mass is 10.00. The van der Waals surface area contributed by atoms with Gasteiger partial charge in [-0.3, -0.25) is 24.1 Å². The van der Waals surface area contributed by atoms with Crippen molar-refractivity contribution in [1.82, 2.24) is 26.2 Å². The molecule has 0 heterocycles. The van der Waals surface area contributed by atoms with Crippen molar-refractivity contribution in [2.75, 3.05) is 19.6 Å². The molecule has 0 aromatic heterocycles. The van der Waals surface area contributed by atoms with E-state index in [0.29, 0.717) is 18.7 Å². The summed E-state index contributed by atoms with van der Waals surface area (Å²) < 4.78 is 0. The number of aliphatic carboxylic acids is 1. The van der Waals surface area contributed by atoms with Gasteiger partial charge in [0.05, 0.1) is 12.6 Å². The number of carboxylic acids is 1. The molecule has 4 atom stereocenters. The Bertz CT molecular complexity index is 1470. The van der Waals surface area contributed by atoms with Crippen molar-refractivity contribution in [3.63, 3.8) is 0 Å². The minimum absolute atomic E-state index is 0.00529. The topological polar surface area (TPSA) is 197 Å². The second-order valence-corrected chi connectivity index (χ2v) is 13.3. The molecular weight excluding hydrogens is 654 g/mol. The highest BCUT2D eigenvalue weighted by molar-refractivity contribution is 5.94. The Hall–Kier alpha value is -5.17. The van der Waals surface area contributed by atoms with E-state index in [1.807, 2.05) is 32.6 Å². The number of hydrogen-bond donors (Lipinski definition) is 7. The van der Waals surface area contributed by atoms with Gasteiger partial charge in [-0.15, -0.1) is 13.2 Å². The molecule has 2 rings (SSSR count). The lowest BCUT2D eigenvalue weighted by Crippen LogP contribution is -2.56. The highest BCUT2D eigenvalue weighted by Gasteiger charge is 2.31. The number of nitrogens with zero attached hydrogens (tertiary/aromatic N) is 1. The van der Waals surface area contributed by atoms with Gasteiger partial charge >= 0.3 is 5.97 Å². The van der Waals surface area contributed by atoms with Crippen molar-refractivity contribution in [2.45, 2.75) is 77.5 Å². The summed E-state index contributed by atoms with van der Waals surface area (Å²) in [4.78, 5) is 67.4. The van der Waals surface area contributed by atoms with Gasteiger partial charge in [-0.1, -0.05) is 64.1 Å². The number of amides is 4. The van der Waals surface area contributed by atoms with Crippen molar-refractivity contribution in [3.05, 3.63) is 85.0 Å². The van der Waals surface area contributed by atoms with Crippen molar-refractivity contribution in [1.29, 1.82) is 0 Å². The van der Waals surface area contributed by atoms with Crippen molar-refractivity contribution in [2.24, 2.45) is 11.8 Å². The minimum Gasteiger partial charge on any atom is -0.508 e. The molecule has 4 unspecified atom stereocenters. The summed E-state index contributed by atoms with van der Waals surface area (Å²) in [6, 6.07) is 8.42. The normalized spacial score (nSPS) is 13.5. The van der Waals surface area contributed by atoms with E-state index in [4.69, 9.17) is 0 Å². The van der Waals surface area contributed by atoms with Crippen molar-refractivity contribution in [3.8, 4) is 11.5 Å². The van der Waals surface area contributed by atoms with E-state index < -0.39 is 60.3 Å². The third-order valence-corrected chi connectivity index (χ3v) is 7.95. The fraction of sp³-hybridized carbons (Fsp3) is 0.447. The Kier molecular flexibility index (Phi) is 17.4. The van der Waals surface area contributed by atoms with E-state index in [2.05, 4.69) is 34.4 Å². The van der Waals surface area contributed by atoms with E-state index in [9.17, 15) is 39.3 Å². The van der Waals surface area contributed by atoms with Crippen LogP contribution in [0.3, 0.4) is 0 Å². The largest absolute Gasteiger partial charge is 0.508 e. The van der Waals surface area contributed by atoms with Crippen LogP contribution in [-0.2, 0) is 36.8 Å². The quantitative estimate of drug-likeness (QED) is 0.0900. The number of carbonyl (C=O) groups is 5. The summed E-state index contributed by atoms with van der Waals surface area (Å²) in [6.45, 7) is 15.2. The fourth-order valence-electron chi connectivity index (χ4n) is 5.45. The molecule has 0 saturated heterocycles. The molecule has 278 valence electrons. The maximum atomic E-state index is 13.8. The summed E-state index contributed by atoms with van der Waals surface area (Å²) in [5.74, 6) is -3.58. The predicted molar refractivity (Wildman–Crippen MR) is 195 cm³/mol. The SMILES string of the molecule is C=CCN(CC=C)C(Cc1ccc(O)cc1)C(=O)NC(CC(C)C)C(=O)NCC(=O)NC(Cc1ccc(O)cc1)C(=O)NC(CC(C)C)C(=O)O. The molecule has 0 radical (unpaired) electrons. The molecule has 13 nitrogen and oxygen atoms in total. The van der Waals surface area contributed by atoms with Crippen LogP contribution in [0.5, 0.6) is 11.5 Å². The van der Waals surface area contributed by atoms with Crippen LogP contribution in [0, 0.1) is 11.8 Å². The number of phenols is 2. The Morgan fingerprint density at radius 3 is 1.61 bits per heavy atom. The Labute approximate surface area is 300 Å². The molecule has 51 heavy (non-hydrogen) atoms. The van der Waals surface area contributed by atoms with Crippen LogP contribution >= 0.6 is 0 Å². The molecule has 2 aromatic carbocycles. The van der Waals surface area contributed by atoms with Crippen LogP contribution < -0.4 is 21.3 Å². The standard InChI is InChI=1S/C38H53N5O8/c1-7-17-43(18-8-2)33(22-27-11-15-29(45)16-12-27)37(49)41-30(19-24(3)4)35(47)39-23-34(46)40-31(21-26-9-13-28(44)14-10-26)36(48)42-32(38(50)51)20-25(5)6/h7-16,24-25,30-33,44-45H,1-2,17-23H2,3-6H3,(H,39,47)(H,40,46)(H,41,49)(H,42,48)(H,50,51). The van der Waals surface area contributed by atoms with E-state index in [-0.39, 0.29) is 49.0 Å². The van der Waals surface area contributed by atoms with Gasteiger partial charge in [0.2, 0.25) is 23.6 Å². The van der Waals surface area contributed by atoms with Gasteiger partial charge < -0.3 is 36.6 Å². The number of hydrogen-bond acceptors (Lipinski definition) is 8. The summed E-state index contributed by atoms with van der Waals surface area (Å²) in [5.41, 5.74) is 1.38. The smallest absolute Gasteiger partial charge is 0.326 e. The lowest BCUT2D eigenvalue weighted by Gasteiger charge is -2.31. The average molecular weight is 708 g/mol. The molecule has 0 saturated carbocycles. The Balaban J connectivity index is 2.22. The monoisotopic (exact) mass is 707 g/mol. The third kappa shape index (κ3) is 15.1. The molecule has 0 aliphatic rings. The number of phenolic OH excluding ortho intramolecular Hbond substituents is 2. The first kappa shape index (κ1) is 42.0. The summed E-state index contributed by atoms with van der Waals surface area (Å²) in [6.07, 6.45) is 4.04. The molecule has 13 heteroatoms. The number of rotatable bonds is 22. The first-order valence-corrected chi connectivity index (χ1v) is 17.1.